The number of benzene rings is 2. The highest BCUT2D eigenvalue weighted by Crippen LogP contribution is 2.23. The monoisotopic (exact) mass is 333 g/mol. The van der Waals surface area contributed by atoms with Crippen molar-refractivity contribution >= 4 is 29.1 Å². The van der Waals surface area contributed by atoms with E-state index in [4.69, 9.17) is 23.2 Å². The molecule has 2 aromatic rings. The van der Waals surface area contributed by atoms with Crippen molar-refractivity contribution in [3.8, 4) is 11.8 Å². The van der Waals surface area contributed by atoms with E-state index < -0.39 is 5.91 Å². The second-order valence-corrected chi connectivity index (χ2v) is 5.43. The Morgan fingerprint density at radius 3 is 2.23 bits per heavy atom. The first-order chi connectivity index (χ1) is 10.5. The smallest absolute Gasteiger partial charge is 0.243 e. The summed E-state index contributed by atoms with van der Waals surface area (Å²) in [6.45, 7) is 1.44. The molecule has 2 rings (SSSR count). The van der Waals surface area contributed by atoms with Crippen LogP contribution in [-0.4, -0.2) is 16.2 Å². The zero-order valence-corrected chi connectivity index (χ0v) is 13.3. The summed E-state index contributed by atoms with van der Waals surface area (Å²) in [6.07, 6.45) is 0. The lowest BCUT2D eigenvalue weighted by molar-refractivity contribution is -0.165. The predicted molar refractivity (Wildman–Crippen MR) is 86.9 cm³/mol. The van der Waals surface area contributed by atoms with Crippen molar-refractivity contribution in [3.05, 3.63) is 69.2 Å². The van der Waals surface area contributed by atoms with Gasteiger partial charge in [-0.15, -0.1) is 0 Å². The molecule has 0 heterocycles. The first-order valence-corrected chi connectivity index (χ1v) is 7.25. The third-order valence-corrected chi connectivity index (χ3v) is 3.57. The van der Waals surface area contributed by atoms with Crippen molar-refractivity contribution in [1.82, 2.24) is 5.06 Å². The lowest BCUT2D eigenvalue weighted by Crippen LogP contribution is -2.23. The third-order valence-electron chi connectivity index (χ3n) is 2.94. The Balaban J connectivity index is 2.16. The van der Waals surface area contributed by atoms with E-state index in [1.165, 1.54) is 6.92 Å². The van der Waals surface area contributed by atoms with Crippen LogP contribution in [0.15, 0.2) is 42.5 Å². The van der Waals surface area contributed by atoms with Crippen LogP contribution < -0.4 is 0 Å². The van der Waals surface area contributed by atoms with E-state index >= 15 is 0 Å². The van der Waals surface area contributed by atoms with Crippen molar-refractivity contribution in [2.24, 2.45) is 0 Å². The maximum atomic E-state index is 11.0. The maximum Gasteiger partial charge on any atom is 0.243 e. The van der Waals surface area contributed by atoms with Gasteiger partial charge >= 0.3 is 0 Å². The minimum absolute atomic E-state index is 0.138. The molecule has 0 unspecified atom stereocenters. The van der Waals surface area contributed by atoms with Crippen LogP contribution in [0, 0.1) is 11.8 Å². The summed E-state index contributed by atoms with van der Waals surface area (Å²) in [5.74, 6) is 5.53. The summed E-state index contributed by atoms with van der Waals surface area (Å²) in [6, 6.07) is 12.4. The molecule has 0 aromatic heterocycles. The maximum absolute atomic E-state index is 11.0. The van der Waals surface area contributed by atoms with Crippen molar-refractivity contribution in [3.63, 3.8) is 0 Å². The van der Waals surface area contributed by atoms with Gasteiger partial charge in [0.25, 0.3) is 0 Å². The van der Waals surface area contributed by atoms with Crippen LogP contribution in [-0.2, 0) is 11.3 Å². The topological polar surface area (TPSA) is 40.5 Å². The molecule has 0 radical (unpaired) electrons. The van der Waals surface area contributed by atoms with Gasteiger partial charge < -0.3 is 0 Å². The van der Waals surface area contributed by atoms with Gasteiger partial charge in [0.15, 0.2) is 0 Å². The largest absolute Gasteiger partial charge is 0.286 e. The van der Waals surface area contributed by atoms with Gasteiger partial charge in [0, 0.05) is 12.5 Å². The molecular formula is C17H13Cl2NO2. The molecule has 0 aliphatic carbocycles. The normalized spacial score (nSPS) is 9.82. The standard InChI is InChI=1S/C17H13Cl2NO2/c1-12(21)20(22)11-14-7-5-13(6-8-14)9-10-15-16(18)3-2-4-17(15)19/h2-8,22H,11H2,1H3. The zero-order chi connectivity index (χ0) is 16.1. The summed E-state index contributed by atoms with van der Waals surface area (Å²) in [7, 11) is 0. The number of carbonyl (C=O) groups is 1. The fourth-order valence-electron chi connectivity index (χ4n) is 1.73. The van der Waals surface area contributed by atoms with Crippen molar-refractivity contribution < 1.29 is 10.0 Å². The van der Waals surface area contributed by atoms with Gasteiger partial charge in [0.1, 0.15) is 0 Å². The number of amides is 1. The predicted octanol–water partition coefficient (Wildman–Crippen LogP) is 4.13. The number of rotatable bonds is 2. The van der Waals surface area contributed by atoms with Gasteiger partial charge in [-0.05, 0) is 29.8 Å². The fraction of sp³-hybridized carbons (Fsp3) is 0.118. The van der Waals surface area contributed by atoms with Crippen LogP contribution in [0.4, 0.5) is 0 Å². The summed E-state index contributed by atoms with van der Waals surface area (Å²) in [5, 5.41) is 11.1. The van der Waals surface area contributed by atoms with Crippen LogP contribution >= 0.6 is 23.2 Å². The number of carbonyl (C=O) groups excluding carboxylic acids is 1. The molecule has 1 amide bonds. The molecule has 1 N–H and O–H groups in total. The highest BCUT2D eigenvalue weighted by atomic mass is 35.5. The lowest BCUT2D eigenvalue weighted by atomic mass is 10.1. The average Bonchev–Trinajstić information content (AvgIpc) is 2.48. The first kappa shape index (κ1) is 16.4. The molecule has 0 spiro atoms. The average molecular weight is 334 g/mol. The Morgan fingerprint density at radius 1 is 1.09 bits per heavy atom. The minimum atomic E-state index is -0.405. The Bertz CT molecular complexity index is 725. The van der Waals surface area contributed by atoms with E-state index in [2.05, 4.69) is 11.8 Å². The second kappa shape index (κ2) is 7.33. The second-order valence-electron chi connectivity index (χ2n) is 4.62. The molecular weight excluding hydrogens is 321 g/mol. The van der Waals surface area contributed by atoms with Crippen molar-refractivity contribution in [2.75, 3.05) is 0 Å². The molecule has 22 heavy (non-hydrogen) atoms. The van der Waals surface area contributed by atoms with Gasteiger partial charge in [-0.3, -0.25) is 10.0 Å². The Morgan fingerprint density at radius 2 is 1.68 bits per heavy atom. The molecule has 0 fully saturated rings. The number of hydrogen-bond acceptors (Lipinski definition) is 2. The lowest BCUT2D eigenvalue weighted by Gasteiger charge is -2.12. The molecule has 0 aliphatic heterocycles. The van der Waals surface area contributed by atoms with Gasteiger partial charge in [-0.1, -0.05) is 53.2 Å². The van der Waals surface area contributed by atoms with Crippen LogP contribution in [0.3, 0.4) is 0 Å². The van der Waals surface area contributed by atoms with E-state index in [9.17, 15) is 10.0 Å². The molecule has 0 bridgehead atoms. The number of hydrogen-bond donors (Lipinski definition) is 1. The Kier molecular flexibility index (Phi) is 5.46. The van der Waals surface area contributed by atoms with E-state index in [0.29, 0.717) is 20.7 Å². The van der Waals surface area contributed by atoms with Crippen LogP contribution in [0.25, 0.3) is 0 Å². The Labute approximate surface area is 139 Å². The molecule has 0 saturated carbocycles. The molecule has 2 aromatic carbocycles. The van der Waals surface area contributed by atoms with Gasteiger partial charge in [-0.2, -0.15) is 0 Å². The van der Waals surface area contributed by atoms with E-state index in [-0.39, 0.29) is 6.54 Å². The SMILES string of the molecule is CC(=O)N(O)Cc1ccc(C#Cc2c(Cl)cccc2Cl)cc1. The summed E-state index contributed by atoms with van der Waals surface area (Å²) in [4.78, 5) is 11.0. The highest BCUT2D eigenvalue weighted by molar-refractivity contribution is 6.36. The van der Waals surface area contributed by atoms with E-state index in [1.54, 1.807) is 42.5 Å². The van der Waals surface area contributed by atoms with Crippen LogP contribution in [0.2, 0.25) is 10.0 Å². The Hall–Kier alpha value is -1.99. The molecule has 5 heteroatoms. The number of halogens is 2. The van der Waals surface area contributed by atoms with E-state index in [0.717, 1.165) is 11.1 Å². The zero-order valence-electron chi connectivity index (χ0n) is 11.8. The highest BCUT2D eigenvalue weighted by Gasteiger charge is 2.05. The van der Waals surface area contributed by atoms with Gasteiger partial charge in [-0.25, -0.2) is 5.06 Å². The number of nitrogens with zero attached hydrogens (tertiary/aromatic N) is 1. The molecule has 112 valence electrons. The summed E-state index contributed by atoms with van der Waals surface area (Å²) >= 11 is 12.1. The summed E-state index contributed by atoms with van der Waals surface area (Å²) in [5.41, 5.74) is 2.18. The van der Waals surface area contributed by atoms with Crippen molar-refractivity contribution in [2.45, 2.75) is 13.5 Å². The molecule has 0 aliphatic rings. The van der Waals surface area contributed by atoms with Crippen molar-refractivity contribution in [1.29, 1.82) is 0 Å². The number of hydroxylamine groups is 2. The molecule has 3 nitrogen and oxygen atoms in total. The fourth-order valence-corrected chi connectivity index (χ4v) is 2.22. The first-order valence-electron chi connectivity index (χ1n) is 6.49. The summed E-state index contributed by atoms with van der Waals surface area (Å²) < 4.78 is 0. The van der Waals surface area contributed by atoms with Gasteiger partial charge in [0.2, 0.25) is 5.91 Å². The molecule has 0 atom stereocenters. The minimum Gasteiger partial charge on any atom is -0.286 e. The third kappa shape index (κ3) is 4.25. The van der Waals surface area contributed by atoms with Gasteiger partial charge in [0.05, 0.1) is 22.2 Å². The molecule has 0 saturated heterocycles. The van der Waals surface area contributed by atoms with Crippen LogP contribution in [0.5, 0.6) is 0 Å². The van der Waals surface area contributed by atoms with Crippen LogP contribution in [0.1, 0.15) is 23.6 Å². The quantitative estimate of drug-likeness (QED) is 0.510. The van der Waals surface area contributed by atoms with E-state index in [1.807, 2.05) is 0 Å².